The zero-order valence-electron chi connectivity index (χ0n) is 19.0. The van der Waals surface area contributed by atoms with Crippen LogP contribution in [0.5, 0.6) is 5.75 Å². The lowest BCUT2D eigenvalue weighted by molar-refractivity contribution is -0.137. The fourth-order valence-electron chi connectivity index (χ4n) is 3.49. The van der Waals surface area contributed by atoms with Gasteiger partial charge < -0.3 is 37.5 Å². The Morgan fingerprint density at radius 3 is 2.34 bits per heavy atom. The summed E-state index contributed by atoms with van der Waals surface area (Å²) in [7, 11) is 0. The molecule has 0 saturated carbocycles. The summed E-state index contributed by atoms with van der Waals surface area (Å²) < 4.78 is 47.0. The van der Waals surface area contributed by atoms with E-state index in [-0.39, 0.29) is 29.6 Å². The van der Waals surface area contributed by atoms with E-state index in [1.54, 1.807) is 24.3 Å². The largest absolute Gasteiger partial charge is 0.485 e. The van der Waals surface area contributed by atoms with Gasteiger partial charge in [-0.15, -0.1) is 0 Å². The number of amides is 3. The number of unbranched alkanes of at least 4 members (excludes halogenated alkanes) is 1. The molecule has 2 aromatic rings. The van der Waals surface area contributed by atoms with Crippen molar-refractivity contribution in [2.75, 3.05) is 41.3 Å². The molecular formula is C23H29F3N6O3. The number of nitrogens with one attached hydrogen (secondary N) is 4. The Morgan fingerprint density at radius 2 is 1.74 bits per heavy atom. The summed E-state index contributed by atoms with van der Waals surface area (Å²) in [5.41, 5.74) is 10.5. The number of hydrogen-bond acceptors (Lipinski definition) is 6. The van der Waals surface area contributed by atoms with E-state index in [1.165, 1.54) is 0 Å². The first-order valence-electron chi connectivity index (χ1n) is 11.2. The van der Waals surface area contributed by atoms with E-state index in [2.05, 4.69) is 21.3 Å². The van der Waals surface area contributed by atoms with Gasteiger partial charge in [0.15, 0.2) is 5.75 Å². The van der Waals surface area contributed by atoms with Gasteiger partial charge in [0.25, 0.3) is 0 Å². The van der Waals surface area contributed by atoms with Gasteiger partial charge in [0.05, 0.1) is 16.9 Å². The van der Waals surface area contributed by atoms with Crippen molar-refractivity contribution in [1.82, 2.24) is 5.32 Å². The number of carbonyl (C=O) groups excluding carboxylic acids is 2. The third-order valence-electron chi connectivity index (χ3n) is 5.26. The fourth-order valence-corrected chi connectivity index (χ4v) is 3.49. The minimum absolute atomic E-state index is 0.0497. The van der Waals surface area contributed by atoms with Crippen molar-refractivity contribution in [2.45, 2.75) is 38.0 Å². The van der Waals surface area contributed by atoms with Gasteiger partial charge in [-0.05, 0) is 68.8 Å². The highest BCUT2D eigenvalue weighted by Crippen LogP contribution is 2.42. The number of rotatable bonds is 9. The van der Waals surface area contributed by atoms with Gasteiger partial charge in [-0.25, -0.2) is 4.79 Å². The van der Waals surface area contributed by atoms with Crippen LogP contribution >= 0.6 is 0 Å². The summed E-state index contributed by atoms with van der Waals surface area (Å²) in [6, 6.07) is 7.04. The average Bonchev–Trinajstić information content (AvgIpc) is 3.30. The van der Waals surface area contributed by atoms with Gasteiger partial charge in [0, 0.05) is 24.3 Å². The van der Waals surface area contributed by atoms with E-state index in [0.29, 0.717) is 50.3 Å². The lowest BCUT2D eigenvalue weighted by Gasteiger charge is -2.22. The van der Waals surface area contributed by atoms with E-state index in [4.69, 9.17) is 16.2 Å². The third-order valence-corrected chi connectivity index (χ3v) is 5.26. The molecule has 1 fully saturated rings. The molecule has 0 aromatic heterocycles. The Balaban J connectivity index is 1.93. The predicted molar refractivity (Wildman–Crippen MR) is 128 cm³/mol. The van der Waals surface area contributed by atoms with Crippen molar-refractivity contribution < 1.29 is 27.5 Å². The summed E-state index contributed by atoms with van der Waals surface area (Å²) in [4.78, 5) is 25.1. The van der Waals surface area contributed by atoms with Crippen molar-refractivity contribution in [3.05, 3.63) is 42.0 Å². The lowest BCUT2D eigenvalue weighted by Crippen LogP contribution is -2.25. The second-order valence-electron chi connectivity index (χ2n) is 8.13. The van der Waals surface area contributed by atoms with E-state index >= 15 is 0 Å². The molecule has 0 spiro atoms. The molecule has 2 aromatic carbocycles. The maximum atomic E-state index is 13.7. The summed E-state index contributed by atoms with van der Waals surface area (Å²) in [6.45, 7) is 1.55. The van der Waals surface area contributed by atoms with E-state index in [1.807, 2.05) is 0 Å². The molecule has 190 valence electrons. The molecule has 0 aliphatic carbocycles. The fraction of sp³-hybridized carbons (Fsp3) is 0.391. The Hall–Kier alpha value is -3.51. The van der Waals surface area contributed by atoms with Gasteiger partial charge >= 0.3 is 12.2 Å². The molecular weight excluding hydrogens is 465 g/mol. The number of halogens is 3. The molecule has 0 bridgehead atoms. The summed E-state index contributed by atoms with van der Waals surface area (Å²) in [6.07, 6.45) is -3.29. The first kappa shape index (κ1) is 26.1. The van der Waals surface area contributed by atoms with Crippen LogP contribution in [0.2, 0.25) is 0 Å². The van der Waals surface area contributed by atoms with Crippen LogP contribution in [0.3, 0.4) is 0 Å². The van der Waals surface area contributed by atoms with Crippen LogP contribution in [-0.4, -0.2) is 37.7 Å². The summed E-state index contributed by atoms with van der Waals surface area (Å²) in [5, 5.41) is 10.6. The predicted octanol–water partition coefficient (Wildman–Crippen LogP) is 3.74. The maximum absolute atomic E-state index is 13.7. The molecule has 1 heterocycles. The molecule has 0 radical (unpaired) electrons. The number of nitrogen functional groups attached to an aromatic ring is 1. The Labute approximate surface area is 200 Å². The number of hydrogen-bond donors (Lipinski definition) is 6. The second-order valence-corrected chi connectivity index (χ2v) is 8.13. The highest BCUT2D eigenvalue weighted by Gasteiger charge is 2.34. The molecule has 3 rings (SSSR count). The third kappa shape index (κ3) is 7.76. The number of carbonyl (C=O) groups is 2. The smallest absolute Gasteiger partial charge is 0.416 e. The van der Waals surface area contributed by atoms with Crippen molar-refractivity contribution >= 4 is 34.7 Å². The summed E-state index contributed by atoms with van der Waals surface area (Å²) >= 11 is 0. The lowest BCUT2D eigenvalue weighted by atomic mass is 10.1. The first-order valence-corrected chi connectivity index (χ1v) is 11.2. The van der Waals surface area contributed by atoms with Crippen LogP contribution in [0.1, 0.15) is 31.2 Å². The maximum Gasteiger partial charge on any atom is 0.416 e. The van der Waals surface area contributed by atoms with Gasteiger partial charge in [-0.2, -0.15) is 13.2 Å². The van der Waals surface area contributed by atoms with Gasteiger partial charge in [-0.1, -0.05) is 0 Å². The number of ether oxygens (including phenoxy) is 1. The number of benzene rings is 2. The molecule has 3 amide bonds. The molecule has 35 heavy (non-hydrogen) atoms. The van der Waals surface area contributed by atoms with Crippen LogP contribution in [0.4, 0.5) is 40.7 Å². The van der Waals surface area contributed by atoms with Crippen LogP contribution in [0.15, 0.2) is 36.4 Å². The topological polar surface area (TPSA) is 144 Å². The number of alkyl halides is 3. The normalized spacial score (nSPS) is 15.5. The second kappa shape index (κ2) is 11.8. The van der Waals surface area contributed by atoms with Crippen LogP contribution in [0, 0.1) is 0 Å². The molecule has 1 aliphatic rings. The van der Waals surface area contributed by atoms with E-state index in [9.17, 15) is 22.8 Å². The van der Waals surface area contributed by atoms with Crippen LogP contribution < -0.4 is 37.5 Å². The van der Waals surface area contributed by atoms with Gasteiger partial charge in [0.2, 0.25) is 5.91 Å². The van der Waals surface area contributed by atoms with Gasteiger partial charge in [-0.3, -0.25) is 4.79 Å². The monoisotopic (exact) mass is 494 g/mol. The van der Waals surface area contributed by atoms with E-state index < -0.39 is 23.7 Å². The quantitative estimate of drug-likeness (QED) is 0.232. The molecule has 1 saturated heterocycles. The molecule has 1 unspecified atom stereocenters. The molecule has 9 nitrogen and oxygen atoms in total. The van der Waals surface area contributed by atoms with Crippen molar-refractivity contribution in [3.8, 4) is 5.75 Å². The minimum Gasteiger partial charge on any atom is -0.485 e. The number of anilines is 4. The van der Waals surface area contributed by atoms with Crippen molar-refractivity contribution in [3.63, 3.8) is 0 Å². The summed E-state index contributed by atoms with van der Waals surface area (Å²) in [5.74, 6) is -0.532. The van der Waals surface area contributed by atoms with E-state index in [0.717, 1.165) is 12.1 Å². The molecule has 12 heteroatoms. The molecule has 8 N–H and O–H groups in total. The van der Waals surface area contributed by atoms with Crippen molar-refractivity contribution in [2.24, 2.45) is 5.73 Å². The Bertz CT molecular complexity index is 1020. The van der Waals surface area contributed by atoms with Crippen LogP contribution in [0.25, 0.3) is 0 Å². The Morgan fingerprint density at radius 1 is 1.06 bits per heavy atom. The number of urea groups is 1. The minimum atomic E-state index is -4.73. The Kier molecular flexibility index (Phi) is 8.77. The van der Waals surface area contributed by atoms with Crippen LogP contribution in [-0.2, 0) is 11.0 Å². The molecule has 1 atom stereocenters. The first-order chi connectivity index (χ1) is 16.7. The SMILES string of the molecule is NCCCCC(=O)Nc1cc(C(F)(F)F)cc(NC(=O)Nc2ccc(N)cc2)c1OC1CCNC1. The zero-order chi connectivity index (χ0) is 25.4. The standard InChI is InChI=1S/C23H29F3N6O3/c24-23(25,26)14-11-18(31-20(33)3-1-2-9-27)21(35-17-8-10-29-13-17)19(12-14)32-22(34)30-16-6-4-15(28)5-7-16/h4-7,11-12,17,29H,1-3,8-10,13,27-28H2,(H,31,33)(H2,30,32,34). The van der Waals surface area contributed by atoms with Gasteiger partial charge in [0.1, 0.15) is 6.10 Å². The van der Waals surface area contributed by atoms with Crippen molar-refractivity contribution in [1.29, 1.82) is 0 Å². The molecule has 1 aliphatic heterocycles. The highest BCUT2D eigenvalue weighted by atomic mass is 19.4. The zero-order valence-corrected chi connectivity index (χ0v) is 19.0. The highest BCUT2D eigenvalue weighted by molar-refractivity contribution is 6.02. The number of nitrogens with two attached hydrogens (primary N) is 2. The average molecular weight is 495 g/mol.